The van der Waals surface area contributed by atoms with E-state index >= 15 is 0 Å². The Morgan fingerprint density at radius 2 is 2.21 bits per heavy atom. The van der Waals surface area contributed by atoms with Crippen LogP contribution in [0, 0.1) is 13.8 Å². The van der Waals surface area contributed by atoms with Gasteiger partial charge in [0.2, 0.25) is 0 Å². The number of imidazole rings is 1. The van der Waals surface area contributed by atoms with E-state index in [0.717, 1.165) is 48.2 Å². The van der Waals surface area contributed by atoms with Crippen molar-refractivity contribution in [3.8, 4) is 11.5 Å². The van der Waals surface area contributed by atoms with Gasteiger partial charge in [-0.1, -0.05) is 0 Å². The summed E-state index contributed by atoms with van der Waals surface area (Å²) in [5.41, 5.74) is 4.78. The molecule has 0 aliphatic carbocycles. The minimum absolute atomic E-state index is 0.266. The van der Waals surface area contributed by atoms with Crippen LogP contribution in [0.25, 0.3) is 11.5 Å². The SMILES string of the molecule is Cc1cc(-c2ncc(C)[nH]2)nc(C2CCCN2Cc2cncs2)n1. The van der Waals surface area contributed by atoms with Crippen LogP contribution in [-0.4, -0.2) is 36.4 Å². The molecule has 24 heavy (non-hydrogen) atoms. The molecule has 1 aliphatic rings. The van der Waals surface area contributed by atoms with Gasteiger partial charge in [0.1, 0.15) is 11.5 Å². The van der Waals surface area contributed by atoms with E-state index in [0.29, 0.717) is 0 Å². The van der Waals surface area contributed by atoms with Crippen LogP contribution < -0.4 is 0 Å². The second-order valence-electron chi connectivity index (χ2n) is 6.26. The van der Waals surface area contributed by atoms with Gasteiger partial charge in [0.15, 0.2) is 5.82 Å². The van der Waals surface area contributed by atoms with Gasteiger partial charge in [0, 0.05) is 35.2 Å². The van der Waals surface area contributed by atoms with Crippen LogP contribution in [-0.2, 0) is 6.54 Å². The summed E-state index contributed by atoms with van der Waals surface area (Å²) >= 11 is 1.70. The summed E-state index contributed by atoms with van der Waals surface area (Å²) < 4.78 is 0. The topological polar surface area (TPSA) is 70.6 Å². The summed E-state index contributed by atoms with van der Waals surface area (Å²) in [4.78, 5) is 25.1. The average molecular weight is 340 g/mol. The Bertz CT molecular complexity index is 825. The van der Waals surface area contributed by atoms with Crippen molar-refractivity contribution in [1.82, 2.24) is 29.8 Å². The second-order valence-corrected chi connectivity index (χ2v) is 7.23. The maximum atomic E-state index is 4.82. The van der Waals surface area contributed by atoms with Gasteiger partial charge in [-0.05, 0) is 39.3 Å². The van der Waals surface area contributed by atoms with Crippen molar-refractivity contribution in [2.45, 2.75) is 39.3 Å². The first-order chi connectivity index (χ1) is 11.7. The minimum atomic E-state index is 0.266. The quantitative estimate of drug-likeness (QED) is 0.789. The molecule has 4 heterocycles. The molecular formula is C17H20N6S. The van der Waals surface area contributed by atoms with E-state index in [9.17, 15) is 0 Å². The predicted octanol–water partition coefficient (Wildman–Crippen LogP) is 3.28. The van der Waals surface area contributed by atoms with Crippen molar-refractivity contribution < 1.29 is 0 Å². The number of thiazole rings is 1. The molecule has 0 bridgehead atoms. The van der Waals surface area contributed by atoms with Gasteiger partial charge in [-0.2, -0.15) is 0 Å². The fourth-order valence-electron chi connectivity index (χ4n) is 3.23. The Kier molecular flexibility index (Phi) is 4.12. The van der Waals surface area contributed by atoms with Gasteiger partial charge in [-0.3, -0.25) is 9.88 Å². The number of likely N-dealkylation sites (tertiary alicyclic amines) is 1. The summed E-state index contributed by atoms with van der Waals surface area (Å²) in [5, 5.41) is 0. The fraction of sp³-hybridized carbons (Fsp3) is 0.412. The van der Waals surface area contributed by atoms with E-state index in [4.69, 9.17) is 9.97 Å². The van der Waals surface area contributed by atoms with E-state index in [2.05, 4.69) is 19.9 Å². The minimum Gasteiger partial charge on any atom is -0.341 e. The molecule has 1 N–H and O–H groups in total. The molecule has 7 heteroatoms. The van der Waals surface area contributed by atoms with Gasteiger partial charge < -0.3 is 4.98 Å². The zero-order valence-electron chi connectivity index (χ0n) is 13.9. The van der Waals surface area contributed by atoms with Gasteiger partial charge in [-0.25, -0.2) is 15.0 Å². The second kappa shape index (κ2) is 6.41. The number of nitrogens with one attached hydrogen (secondary N) is 1. The number of nitrogens with zero attached hydrogens (tertiary/aromatic N) is 5. The van der Waals surface area contributed by atoms with Crippen molar-refractivity contribution in [1.29, 1.82) is 0 Å². The van der Waals surface area contributed by atoms with Gasteiger partial charge in [-0.15, -0.1) is 11.3 Å². The Balaban J connectivity index is 1.64. The van der Waals surface area contributed by atoms with Crippen LogP contribution in [0.5, 0.6) is 0 Å². The largest absolute Gasteiger partial charge is 0.341 e. The highest BCUT2D eigenvalue weighted by molar-refractivity contribution is 7.09. The first-order valence-electron chi connectivity index (χ1n) is 8.18. The van der Waals surface area contributed by atoms with E-state index in [1.807, 2.05) is 37.8 Å². The number of aromatic nitrogens is 5. The lowest BCUT2D eigenvalue weighted by Gasteiger charge is -2.23. The molecule has 3 aromatic heterocycles. The van der Waals surface area contributed by atoms with Crippen LogP contribution in [0.1, 0.15) is 41.0 Å². The molecular weight excluding hydrogens is 320 g/mol. The zero-order chi connectivity index (χ0) is 16.5. The first-order valence-corrected chi connectivity index (χ1v) is 9.06. The Labute approximate surface area is 145 Å². The number of hydrogen-bond acceptors (Lipinski definition) is 6. The zero-order valence-corrected chi connectivity index (χ0v) is 14.7. The lowest BCUT2D eigenvalue weighted by molar-refractivity contribution is 0.241. The third-order valence-corrected chi connectivity index (χ3v) is 5.09. The van der Waals surface area contributed by atoms with Gasteiger partial charge >= 0.3 is 0 Å². The van der Waals surface area contributed by atoms with Crippen LogP contribution in [0.4, 0.5) is 0 Å². The number of aromatic amines is 1. The van der Waals surface area contributed by atoms with Crippen molar-refractivity contribution in [2.75, 3.05) is 6.54 Å². The van der Waals surface area contributed by atoms with Crippen LogP contribution in [0.15, 0.2) is 24.0 Å². The predicted molar refractivity (Wildman–Crippen MR) is 93.6 cm³/mol. The smallest absolute Gasteiger partial charge is 0.156 e. The number of aryl methyl sites for hydroxylation is 2. The number of hydrogen-bond donors (Lipinski definition) is 1. The molecule has 4 rings (SSSR count). The van der Waals surface area contributed by atoms with Gasteiger partial charge in [0.25, 0.3) is 0 Å². The average Bonchev–Trinajstić information content (AvgIpc) is 3.29. The van der Waals surface area contributed by atoms with Crippen LogP contribution in [0.2, 0.25) is 0 Å². The Hall–Kier alpha value is -2.12. The van der Waals surface area contributed by atoms with Gasteiger partial charge in [0.05, 0.1) is 11.6 Å². The summed E-state index contributed by atoms with van der Waals surface area (Å²) in [7, 11) is 0. The molecule has 0 radical (unpaired) electrons. The third kappa shape index (κ3) is 3.09. The Morgan fingerprint density at radius 1 is 1.29 bits per heavy atom. The molecule has 0 aromatic carbocycles. The highest BCUT2D eigenvalue weighted by Crippen LogP contribution is 2.32. The highest BCUT2D eigenvalue weighted by atomic mass is 32.1. The molecule has 1 aliphatic heterocycles. The molecule has 1 unspecified atom stereocenters. The molecule has 1 saturated heterocycles. The maximum absolute atomic E-state index is 4.82. The first kappa shape index (κ1) is 15.4. The molecule has 1 fully saturated rings. The van der Waals surface area contributed by atoms with E-state index < -0.39 is 0 Å². The standard InChI is InChI=1S/C17H20N6S/c1-11-6-14(16-19-7-12(2)21-16)22-17(20-11)15-4-3-5-23(15)9-13-8-18-10-24-13/h6-8,10,15H,3-5,9H2,1-2H3,(H,19,21). The Morgan fingerprint density at radius 3 is 2.96 bits per heavy atom. The number of rotatable bonds is 4. The molecule has 0 amide bonds. The summed E-state index contributed by atoms with van der Waals surface area (Å²) in [6.45, 7) is 6.02. The lowest BCUT2D eigenvalue weighted by Crippen LogP contribution is -2.24. The molecule has 6 nitrogen and oxygen atoms in total. The molecule has 124 valence electrons. The highest BCUT2D eigenvalue weighted by Gasteiger charge is 2.29. The lowest BCUT2D eigenvalue weighted by atomic mass is 10.2. The molecule has 1 atom stereocenters. The normalized spacial score (nSPS) is 18.3. The van der Waals surface area contributed by atoms with Crippen molar-refractivity contribution in [3.05, 3.63) is 46.1 Å². The van der Waals surface area contributed by atoms with E-state index in [-0.39, 0.29) is 6.04 Å². The fourth-order valence-corrected chi connectivity index (χ4v) is 3.85. The summed E-state index contributed by atoms with van der Waals surface area (Å²) in [6.07, 6.45) is 6.06. The molecule has 0 spiro atoms. The number of H-pyrrole nitrogens is 1. The molecule has 0 saturated carbocycles. The monoisotopic (exact) mass is 340 g/mol. The van der Waals surface area contributed by atoms with Crippen LogP contribution >= 0.6 is 11.3 Å². The van der Waals surface area contributed by atoms with Crippen molar-refractivity contribution >= 4 is 11.3 Å². The molecule has 3 aromatic rings. The van der Waals surface area contributed by atoms with Crippen LogP contribution in [0.3, 0.4) is 0 Å². The van der Waals surface area contributed by atoms with E-state index in [1.54, 1.807) is 11.3 Å². The van der Waals surface area contributed by atoms with Crippen molar-refractivity contribution in [2.24, 2.45) is 0 Å². The van der Waals surface area contributed by atoms with Crippen molar-refractivity contribution in [3.63, 3.8) is 0 Å². The van der Waals surface area contributed by atoms with E-state index in [1.165, 1.54) is 11.3 Å². The maximum Gasteiger partial charge on any atom is 0.156 e. The summed E-state index contributed by atoms with van der Waals surface area (Å²) in [6, 6.07) is 2.26. The third-order valence-electron chi connectivity index (χ3n) is 4.32. The summed E-state index contributed by atoms with van der Waals surface area (Å²) in [5.74, 6) is 1.72.